The number of aryl methyl sites for hydroxylation is 1. The lowest BCUT2D eigenvalue weighted by Gasteiger charge is -2.18. The van der Waals surface area contributed by atoms with Crippen molar-refractivity contribution in [3.8, 4) is 0 Å². The molecule has 1 atom stereocenters. The van der Waals surface area contributed by atoms with Crippen LogP contribution >= 0.6 is 23.1 Å². The number of carbonyl (C=O) groups is 2. The Morgan fingerprint density at radius 1 is 1.40 bits per heavy atom. The fourth-order valence-electron chi connectivity index (χ4n) is 2.17. The van der Waals surface area contributed by atoms with Gasteiger partial charge < -0.3 is 11.1 Å². The predicted octanol–water partition coefficient (Wildman–Crippen LogP) is 2.31. The highest BCUT2D eigenvalue weighted by molar-refractivity contribution is 8.02. The van der Waals surface area contributed by atoms with E-state index in [1.807, 2.05) is 32.9 Å². The monoisotopic (exact) mass is 378 g/mol. The first kappa shape index (κ1) is 19.4. The first-order valence-electron chi connectivity index (χ1n) is 7.94. The summed E-state index contributed by atoms with van der Waals surface area (Å²) in [6.45, 7) is 6.31. The summed E-state index contributed by atoms with van der Waals surface area (Å²) in [4.78, 5) is 33.1. The smallest absolute Gasteiger partial charge is 0.234 e. The normalized spacial score (nSPS) is 12.2. The molecule has 0 saturated carbocycles. The number of nitrogens with one attached hydrogen (secondary N) is 1. The zero-order valence-corrected chi connectivity index (χ0v) is 16.1. The Balaban J connectivity index is 2.02. The molecule has 6 nitrogen and oxygen atoms in total. The summed E-state index contributed by atoms with van der Waals surface area (Å²) in [6, 6.07) is 3.76. The van der Waals surface area contributed by atoms with Crippen molar-refractivity contribution in [3.05, 3.63) is 40.7 Å². The number of hydrogen-bond acceptors (Lipinski definition) is 6. The van der Waals surface area contributed by atoms with E-state index in [9.17, 15) is 9.59 Å². The maximum atomic E-state index is 12.6. The number of amides is 2. The molecule has 0 fully saturated rings. The second-order valence-corrected chi connectivity index (χ2v) is 8.47. The molecule has 2 amide bonds. The van der Waals surface area contributed by atoms with Gasteiger partial charge in [0.15, 0.2) is 4.34 Å². The molecule has 3 N–H and O–H groups in total. The van der Waals surface area contributed by atoms with Crippen molar-refractivity contribution in [2.45, 2.75) is 43.3 Å². The zero-order chi connectivity index (χ0) is 18.4. The topological polar surface area (TPSA) is 98.0 Å². The summed E-state index contributed by atoms with van der Waals surface area (Å²) < 4.78 is 0.781. The molecule has 0 aliphatic heterocycles. The molecule has 25 heavy (non-hydrogen) atoms. The van der Waals surface area contributed by atoms with E-state index in [1.165, 1.54) is 23.1 Å². The van der Waals surface area contributed by atoms with Crippen molar-refractivity contribution in [2.75, 3.05) is 0 Å². The fraction of sp³-hybridized carbons (Fsp3) is 0.412. The Kier molecular flexibility index (Phi) is 6.95. The largest absolute Gasteiger partial charge is 0.369 e. The van der Waals surface area contributed by atoms with Crippen LogP contribution in [0.2, 0.25) is 0 Å². The van der Waals surface area contributed by atoms with Crippen molar-refractivity contribution < 1.29 is 9.59 Å². The van der Waals surface area contributed by atoms with Gasteiger partial charge in [0.25, 0.3) is 0 Å². The third-order valence-corrected chi connectivity index (χ3v) is 6.29. The average molecular weight is 379 g/mol. The van der Waals surface area contributed by atoms with Crippen LogP contribution in [0.5, 0.6) is 0 Å². The number of carbonyl (C=O) groups excluding carboxylic acids is 2. The molecular weight excluding hydrogens is 356 g/mol. The second kappa shape index (κ2) is 8.96. The van der Waals surface area contributed by atoms with Crippen LogP contribution in [0, 0.1) is 12.8 Å². The van der Waals surface area contributed by atoms with Gasteiger partial charge in [0.05, 0.1) is 17.4 Å². The first-order valence-corrected chi connectivity index (χ1v) is 9.64. The highest BCUT2D eigenvalue weighted by Gasteiger charge is 2.25. The van der Waals surface area contributed by atoms with Gasteiger partial charge in [-0.3, -0.25) is 14.6 Å². The minimum Gasteiger partial charge on any atom is -0.369 e. The van der Waals surface area contributed by atoms with Crippen molar-refractivity contribution in [2.24, 2.45) is 11.7 Å². The summed E-state index contributed by atoms with van der Waals surface area (Å²) in [5.74, 6) is -0.270. The van der Waals surface area contributed by atoms with Gasteiger partial charge in [-0.1, -0.05) is 31.7 Å². The van der Waals surface area contributed by atoms with E-state index in [4.69, 9.17) is 5.73 Å². The summed E-state index contributed by atoms with van der Waals surface area (Å²) in [6.07, 6.45) is 3.62. The molecular formula is C17H22N4O2S2. The molecule has 8 heteroatoms. The molecule has 0 aliphatic rings. The number of pyridine rings is 1. The fourth-order valence-corrected chi connectivity index (χ4v) is 4.64. The van der Waals surface area contributed by atoms with Crippen LogP contribution in [0.3, 0.4) is 0 Å². The standard InChI is InChI=1S/C17H22N4O2S2/c1-10(2)15(16(23)20-9-12-5-4-6-19-8-12)25-17-21-11(3)13(24-17)7-14(18)22/h4-6,8,10,15H,7,9H2,1-3H3,(H2,18,22)(H,20,23)/t15-/m0/s1. The lowest BCUT2D eigenvalue weighted by molar-refractivity contribution is -0.121. The van der Waals surface area contributed by atoms with E-state index in [1.54, 1.807) is 12.4 Å². The molecule has 0 aliphatic carbocycles. The van der Waals surface area contributed by atoms with Crippen LogP contribution in [-0.2, 0) is 22.6 Å². The zero-order valence-electron chi connectivity index (χ0n) is 14.5. The van der Waals surface area contributed by atoms with E-state index >= 15 is 0 Å². The van der Waals surface area contributed by atoms with Crippen LogP contribution in [0.4, 0.5) is 0 Å². The Morgan fingerprint density at radius 2 is 2.16 bits per heavy atom. The van der Waals surface area contributed by atoms with Gasteiger partial charge in [-0.2, -0.15) is 0 Å². The average Bonchev–Trinajstić information content (AvgIpc) is 2.90. The Morgan fingerprint density at radius 3 is 2.76 bits per heavy atom. The molecule has 0 aromatic carbocycles. The van der Waals surface area contributed by atoms with Crippen LogP contribution < -0.4 is 11.1 Å². The summed E-state index contributed by atoms with van der Waals surface area (Å²) in [5.41, 5.74) is 7.01. The minimum absolute atomic E-state index is 0.0341. The number of thiazole rings is 1. The molecule has 2 aromatic rings. The van der Waals surface area contributed by atoms with E-state index in [2.05, 4.69) is 15.3 Å². The number of thioether (sulfide) groups is 1. The predicted molar refractivity (Wildman–Crippen MR) is 100 cm³/mol. The Hall–Kier alpha value is -1.93. The van der Waals surface area contributed by atoms with Crippen LogP contribution in [0.1, 0.15) is 30.0 Å². The number of primary amides is 1. The van der Waals surface area contributed by atoms with Gasteiger partial charge in [0.2, 0.25) is 11.8 Å². The van der Waals surface area contributed by atoms with Crippen molar-refractivity contribution in [1.82, 2.24) is 15.3 Å². The van der Waals surface area contributed by atoms with Gasteiger partial charge in [-0.15, -0.1) is 11.3 Å². The SMILES string of the molecule is Cc1nc(S[C@H](C(=O)NCc2cccnc2)C(C)C)sc1CC(N)=O. The van der Waals surface area contributed by atoms with Crippen LogP contribution in [0.15, 0.2) is 28.9 Å². The highest BCUT2D eigenvalue weighted by Crippen LogP contribution is 2.33. The van der Waals surface area contributed by atoms with Crippen LogP contribution in [-0.4, -0.2) is 27.0 Å². The molecule has 0 unspecified atom stereocenters. The molecule has 134 valence electrons. The number of nitrogens with two attached hydrogens (primary N) is 1. The molecule has 2 aromatic heterocycles. The van der Waals surface area contributed by atoms with E-state index in [0.717, 1.165) is 20.5 Å². The van der Waals surface area contributed by atoms with E-state index in [-0.39, 0.29) is 29.4 Å². The number of hydrogen-bond donors (Lipinski definition) is 2. The second-order valence-electron chi connectivity index (χ2n) is 5.99. The molecule has 2 heterocycles. The lowest BCUT2D eigenvalue weighted by atomic mass is 10.1. The van der Waals surface area contributed by atoms with Crippen LogP contribution in [0.25, 0.3) is 0 Å². The minimum atomic E-state index is -0.377. The Bertz CT molecular complexity index is 732. The van der Waals surface area contributed by atoms with E-state index in [0.29, 0.717) is 6.54 Å². The summed E-state index contributed by atoms with van der Waals surface area (Å²) in [7, 11) is 0. The number of rotatable bonds is 8. The quantitative estimate of drug-likeness (QED) is 0.687. The van der Waals surface area contributed by atoms with Gasteiger partial charge in [0, 0.05) is 23.8 Å². The third kappa shape index (κ3) is 5.82. The van der Waals surface area contributed by atoms with Crippen molar-refractivity contribution >= 4 is 34.9 Å². The van der Waals surface area contributed by atoms with E-state index < -0.39 is 0 Å². The van der Waals surface area contributed by atoms with Crippen molar-refractivity contribution in [1.29, 1.82) is 0 Å². The number of nitrogens with zero attached hydrogens (tertiary/aromatic N) is 2. The molecule has 0 radical (unpaired) electrons. The maximum Gasteiger partial charge on any atom is 0.234 e. The van der Waals surface area contributed by atoms with Gasteiger partial charge >= 0.3 is 0 Å². The van der Waals surface area contributed by atoms with Gasteiger partial charge in [-0.25, -0.2) is 4.98 Å². The summed E-state index contributed by atoms with van der Waals surface area (Å²) >= 11 is 2.86. The lowest BCUT2D eigenvalue weighted by Crippen LogP contribution is -2.35. The van der Waals surface area contributed by atoms with Gasteiger partial charge in [0.1, 0.15) is 0 Å². The molecule has 2 rings (SSSR count). The highest BCUT2D eigenvalue weighted by atomic mass is 32.2. The van der Waals surface area contributed by atoms with Gasteiger partial charge in [-0.05, 0) is 24.5 Å². The van der Waals surface area contributed by atoms with Crippen molar-refractivity contribution in [3.63, 3.8) is 0 Å². The first-order chi connectivity index (χ1) is 11.9. The molecule has 0 bridgehead atoms. The maximum absolute atomic E-state index is 12.6. The number of aromatic nitrogens is 2. The third-order valence-electron chi connectivity index (χ3n) is 3.49. The Labute approximate surface area is 155 Å². The summed E-state index contributed by atoms with van der Waals surface area (Å²) in [5, 5.41) is 2.70. The molecule has 0 spiro atoms. The molecule has 0 saturated heterocycles.